The first-order valence-electron chi connectivity index (χ1n) is 6.38. The molecule has 0 atom stereocenters. The minimum absolute atomic E-state index is 0.196. The highest BCUT2D eigenvalue weighted by molar-refractivity contribution is 7.89. The van der Waals surface area contributed by atoms with E-state index in [9.17, 15) is 8.42 Å². The molecule has 0 aliphatic heterocycles. The Hall–Kier alpha value is -1.85. The minimum atomic E-state index is -3.49. The van der Waals surface area contributed by atoms with Crippen molar-refractivity contribution in [2.75, 3.05) is 12.3 Å². The van der Waals surface area contributed by atoms with Crippen molar-refractivity contribution in [1.29, 1.82) is 0 Å². The predicted octanol–water partition coefficient (Wildman–Crippen LogP) is 2.10. The summed E-state index contributed by atoms with van der Waals surface area (Å²) in [4.78, 5) is 0.196. The third-order valence-corrected chi connectivity index (χ3v) is 4.42. The first-order valence-corrected chi connectivity index (χ1v) is 7.86. The summed E-state index contributed by atoms with van der Waals surface area (Å²) in [5.41, 5.74) is 8.32. The van der Waals surface area contributed by atoms with Crippen LogP contribution in [0.2, 0.25) is 0 Å². The normalized spacial score (nSPS) is 11.4. The molecule has 3 N–H and O–H groups in total. The van der Waals surface area contributed by atoms with Gasteiger partial charge in [0.25, 0.3) is 0 Å². The molecule has 0 amide bonds. The van der Waals surface area contributed by atoms with Gasteiger partial charge < -0.3 is 5.73 Å². The van der Waals surface area contributed by atoms with E-state index >= 15 is 0 Å². The molecule has 0 aromatic heterocycles. The van der Waals surface area contributed by atoms with Gasteiger partial charge in [-0.2, -0.15) is 0 Å². The van der Waals surface area contributed by atoms with Crippen molar-refractivity contribution < 1.29 is 8.42 Å². The molecule has 5 heteroatoms. The van der Waals surface area contributed by atoms with Crippen molar-refractivity contribution in [3.63, 3.8) is 0 Å². The quantitative estimate of drug-likeness (QED) is 0.828. The highest BCUT2D eigenvalue weighted by atomic mass is 32.2. The summed E-state index contributed by atoms with van der Waals surface area (Å²) < 4.78 is 26.7. The second kappa shape index (κ2) is 6.07. The van der Waals surface area contributed by atoms with Crippen LogP contribution in [-0.4, -0.2) is 15.0 Å². The van der Waals surface area contributed by atoms with Crippen molar-refractivity contribution in [1.82, 2.24) is 4.72 Å². The molecule has 0 saturated heterocycles. The van der Waals surface area contributed by atoms with Gasteiger partial charge in [-0.25, -0.2) is 13.1 Å². The molecule has 0 fully saturated rings. The van der Waals surface area contributed by atoms with E-state index in [0.717, 1.165) is 5.56 Å². The maximum atomic E-state index is 12.1. The molecule has 2 aromatic carbocycles. The van der Waals surface area contributed by atoms with Crippen LogP contribution in [0.15, 0.2) is 53.4 Å². The third-order valence-electron chi connectivity index (χ3n) is 2.96. The highest BCUT2D eigenvalue weighted by Crippen LogP contribution is 2.12. The van der Waals surface area contributed by atoms with E-state index in [1.807, 2.05) is 25.1 Å². The average Bonchev–Trinajstić information content (AvgIpc) is 2.38. The van der Waals surface area contributed by atoms with Crippen LogP contribution in [0.4, 0.5) is 5.69 Å². The molecule has 0 spiro atoms. The standard InChI is InChI=1S/C15H18N2O2S/c1-12-4-2-5-13(10-12)8-9-17-20(18,19)15-7-3-6-14(16)11-15/h2-7,10-11,17H,8-9,16H2,1H3. The lowest BCUT2D eigenvalue weighted by atomic mass is 10.1. The van der Waals surface area contributed by atoms with Crippen LogP contribution in [0, 0.1) is 6.92 Å². The maximum absolute atomic E-state index is 12.1. The minimum Gasteiger partial charge on any atom is -0.399 e. The smallest absolute Gasteiger partial charge is 0.240 e. The van der Waals surface area contributed by atoms with Crippen LogP contribution in [0.1, 0.15) is 11.1 Å². The van der Waals surface area contributed by atoms with Gasteiger partial charge in [0.05, 0.1) is 4.90 Å². The van der Waals surface area contributed by atoms with E-state index in [-0.39, 0.29) is 4.90 Å². The number of nitrogens with two attached hydrogens (primary N) is 1. The Morgan fingerprint density at radius 3 is 2.55 bits per heavy atom. The van der Waals surface area contributed by atoms with Crippen LogP contribution in [0.5, 0.6) is 0 Å². The molecule has 2 rings (SSSR count). The predicted molar refractivity (Wildman–Crippen MR) is 80.9 cm³/mol. The zero-order valence-electron chi connectivity index (χ0n) is 11.3. The van der Waals surface area contributed by atoms with Gasteiger partial charge in [0, 0.05) is 12.2 Å². The first-order chi connectivity index (χ1) is 9.47. The molecule has 4 nitrogen and oxygen atoms in total. The summed E-state index contributed by atoms with van der Waals surface area (Å²) in [6.07, 6.45) is 0.656. The SMILES string of the molecule is Cc1cccc(CCNS(=O)(=O)c2cccc(N)c2)c1. The molecule has 0 saturated carbocycles. The molecule has 0 radical (unpaired) electrons. The molecule has 0 aliphatic rings. The van der Waals surface area contributed by atoms with E-state index in [1.54, 1.807) is 12.1 Å². The first kappa shape index (κ1) is 14.6. The van der Waals surface area contributed by atoms with Crippen LogP contribution in [-0.2, 0) is 16.4 Å². The number of nitrogens with one attached hydrogen (secondary N) is 1. The Morgan fingerprint density at radius 2 is 1.85 bits per heavy atom. The van der Waals surface area contributed by atoms with Crippen molar-refractivity contribution in [2.45, 2.75) is 18.2 Å². The number of nitrogen functional groups attached to an aromatic ring is 1. The summed E-state index contributed by atoms with van der Waals surface area (Å²) in [7, 11) is -3.49. The summed E-state index contributed by atoms with van der Waals surface area (Å²) >= 11 is 0. The molecule has 20 heavy (non-hydrogen) atoms. The molecule has 0 heterocycles. The van der Waals surface area contributed by atoms with Gasteiger partial charge >= 0.3 is 0 Å². The van der Waals surface area contributed by atoms with E-state index in [1.165, 1.54) is 17.7 Å². The number of hydrogen-bond donors (Lipinski definition) is 2. The number of anilines is 1. The summed E-state index contributed by atoms with van der Waals surface area (Å²) in [5, 5.41) is 0. The number of benzene rings is 2. The van der Waals surface area contributed by atoms with E-state index < -0.39 is 10.0 Å². The number of sulfonamides is 1. The number of rotatable bonds is 5. The summed E-state index contributed by atoms with van der Waals surface area (Å²) in [5.74, 6) is 0. The van der Waals surface area contributed by atoms with Gasteiger partial charge in [-0.15, -0.1) is 0 Å². The Labute approximate surface area is 119 Å². The Morgan fingerprint density at radius 1 is 1.10 bits per heavy atom. The lowest BCUT2D eigenvalue weighted by Gasteiger charge is -2.07. The second-order valence-electron chi connectivity index (χ2n) is 4.71. The Bertz CT molecular complexity index is 697. The maximum Gasteiger partial charge on any atom is 0.240 e. The third kappa shape index (κ3) is 3.82. The highest BCUT2D eigenvalue weighted by Gasteiger charge is 2.13. The van der Waals surface area contributed by atoms with Gasteiger partial charge in [-0.3, -0.25) is 0 Å². The fourth-order valence-corrected chi connectivity index (χ4v) is 3.05. The molecule has 106 valence electrons. The summed E-state index contributed by atoms with van der Waals surface area (Å²) in [6.45, 7) is 2.38. The van der Waals surface area contributed by atoms with Crippen LogP contribution in [0.25, 0.3) is 0 Å². The van der Waals surface area contributed by atoms with Crippen LogP contribution >= 0.6 is 0 Å². The van der Waals surface area contributed by atoms with Gasteiger partial charge in [0.1, 0.15) is 0 Å². The lowest BCUT2D eigenvalue weighted by Crippen LogP contribution is -2.26. The van der Waals surface area contributed by atoms with E-state index in [2.05, 4.69) is 10.8 Å². The molecule has 0 aliphatic carbocycles. The van der Waals surface area contributed by atoms with Crippen LogP contribution in [0.3, 0.4) is 0 Å². The number of aryl methyl sites for hydroxylation is 1. The van der Waals surface area contributed by atoms with E-state index in [4.69, 9.17) is 5.73 Å². The second-order valence-corrected chi connectivity index (χ2v) is 6.48. The molecule has 0 unspecified atom stereocenters. The lowest BCUT2D eigenvalue weighted by molar-refractivity contribution is 0.581. The molecular weight excluding hydrogens is 272 g/mol. The van der Waals surface area contributed by atoms with Crippen molar-refractivity contribution in [2.24, 2.45) is 0 Å². The van der Waals surface area contributed by atoms with Crippen molar-refractivity contribution in [3.05, 3.63) is 59.7 Å². The van der Waals surface area contributed by atoms with Crippen LogP contribution < -0.4 is 10.5 Å². The summed E-state index contributed by atoms with van der Waals surface area (Å²) in [6, 6.07) is 14.3. The largest absolute Gasteiger partial charge is 0.399 e. The molecule has 0 bridgehead atoms. The van der Waals surface area contributed by atoms with Gasteiger partial charge in [0.2, 0.25) is 10.0 Å². The van der Waals surface area contributed by atoms with Gasteiger partial charge in [-0.05, 0) is 37.1 Å². The topological polar surface area (TPSA) is 72.2 Å². The van der Waals surface area contributed by atoms with Gasteiger partial charge in [-0.1, -0.05) is 35.9 Å². The molecular formula is C15H18N2O2S. The van der Waals surface area contributed by atoms with Crippen molar-refractivity contribution >= 4 is 15.7 Å². The van der Waals surface area contributed by atoms with Crippen molar-refractivity contribution in [3.8, 4) is 0 Å². The van der Waals surface area contributed by atoms with Gasteiger partial charge in [0.15, 0.2) is 0 Å². The number of hydrogen-bond acceptors (Lipinski definition) is 3. The van der Waals surface area contributed by atoms with E-state index in [0.29, 0.717) is 18.7 Å². The Kier molecular flexibility index (Phi) is 4.42. The zero-order chi connectivity index (χ0) is 14.6. The fourth-order valence-electron chi connectivity index (χ4n) is 1.96. The monoisotopic (exact) mass is 290 g/mol. The average molecular weight is 290 g/mol. The fraction of sp³-hybridized carbons (Fsp3) is 0.200. The molecule has 2 aromatic rings. The zero-order valence-corrected chi connectivity index (χ0v) is 12.2. The Balaban J connectivity index is 2.00.